The van der Waals surface area contributed by atoms with E-state index in [2.05, 4.69) is 10.1 Å². The number of aliphatic carboxylic acids is 1. The van der Waals surface area contributed by atoms with Crippen LogP contribution in [-0.4, -0.2) is 25.8 Å². The van der Waals surface area contributed by atoms with Gasteiger partial charge in [-0.1, -0.05) is 48.9 Å². The second-order valence-electron chi connectivity index (χ2n) is 5.97. The topological polar surface area (TPSA) is 68.0 Å². The largest absolute Gasteiger partial charge is 0.481 e. The summed E-state index contributed by atoms with van der Waals surface area (Å²) in [6.45, 7) is 3.96. The standard InChI is InChI=1S/C19H19N3O2/c1-13-3-9-17(10-4-13)22-12-20-19(21-22)16-7-5-15(6-8-16)14(2)11-18(23)24/h3-10,12,14H,11H2,1-2H3,(H,23,24). The van der Waals surface area contributed by atoms with Crippen molar-refractivity contribution in [2.45, 2.75) is 26.2 Å². The van der Waals surface area contributed by atoms with Crippen LogP contribution in [0.15, 0.2) is 54.9 Å². The summed E-state index contributed by atoms with van der Waals surface area (Å²) in [5.41, 5.74) is 4.07. The quantitative estimate of drug-likeness (QED) is 0.775. The highest BCUT2D eigenvalue weighted by Gasteiger charge is 2.11. The van der Waals surface area contributed by atoms with Crippen molar-refractivity contribution in [2.75, 3.05) is 0 Å². The van der Waals surface area contributed by atoms with E-state index in [0.29, 0.717) is 5.82 Å². The van der Waals surface area contributed by atoms with E-state index in [0.717, 1.165) is 16.8 Å². The van der Waals surface area contributed by atoms with Crippen LogP contribution in [0.2, 0.25) is 0 Å². The van der Waals surface area contributed by atoms with Crippen molar-refractivity contribution in [1.82, 2.24) is 14.8 Å². The van der Waals surface area contributed by atoms with Crippen molar-refractivity contribution in [1.29, 1.82) is 0 Å². The Balaban J connectivity index is 1.80. The Morgan fingerprint density at radius 1 is 1.12 bits per heavy atom. The van der Waals surface area contributed by atoms with Gasteiger partial charge in [-0.25, -0.2) is 9.67 Å². The first-order valence-corrected chi connectivity index (χ1v) is 7.84. The van der Waals surface area contributed by atoms with Crippen LogP contribution in [0.25, 0.3) is 17.1 Å². The Morgan fingerprint density at radius 2 is 1.79 bits per heavy atom. The summed E-state index contributed by atoms with van der Waals surface area (Å²) in [5.74, 6) is -0.160. The number of benzene rings is 2. The Kier molecular flexibility index (Phi) is 4.42. The van der Waals surface area contributed by atoms with E-state index >= 15 is 0 Å². The second-order valence-corrected chi connectivity index (χ2v) is 5.97. The lowest BCUT2D eigenvalue weighted by atomic mass is 9.97. The van der Waals surface area contributed by atoms with E-state index in [4.69, 9.17) is 5.11 Å². The highest BCUT2D eigenvalue weighted by atomic mass is 16.4. The second kappa shape index (κ2) is 6.66. The first-order chi connectivity index (χ1) is 11.5. The Labute approximate surface area is 140 Å². The molecule has 0 aliphatic carbocycles. The molecule has 1 N–H and O–H groups in total. The molecule has 122 valence electrons. The zero-order valence-corrected chi connectivity index (χ0v) is 13.7. The van der Waals surface area contributed by atoms with Crippen LogP contribution in [0.4, 0.5) is 0 Å². The van der Waals surface area contributed by atoms with Crippen LogP contribution >= 0.6 is 0 Å². The number of carbonyl (C=O) groups is 1. The molecule has 0 amide bonds. The third-order valence-electron chi connectivity index (χ3n) is 4.01. The van der Waals surface area contributed by atoms with Gasteiger partial charge < -0.3 is 5.11 Å². The van der Waals surface area contributed by atoms with Crippen LogP contribution in [0.1, 0.15) is 30.4 Å². The van der Waals surface area contributed by atoms with Crippen LogP contribution in [0.3, 0.4) is 0 Å². The fourth-order valence-corrected chi connectivity index (χ4v) is 2.56. The van der Waals surface area contributed by atoms with Crippen molar-refractivity contribution < 1.29 is 9.90 Å². The van der Waals surface area contributed by atoms with Gasteiger partial charge in [-0.2, -0.15) is 0 Å². The van der Waals surface area contributed by atoms with Crippen LogP contribution < -0.4 is 0 Å². The van der Waals surface area contributed by atoms with E-state index < -0.39 is 5.97 Å². The molecule has 2 aromatic carbocycles. The summed E-state index contributed by atoms with van der Waals surface area (Å²) in [4.78, 5) is 15.2. The van der Waals surface area contributed by atoms with Gasteiger partial charge in [0.1, 0.15) is 6.33 Å². The maximum absolute atomic E-state index is 10.8. The van der Waals surface area contributed by atoms with Crippen molar-refractivity contribution in [3.63, 3.8) is 0 Å². The molecular weight excluding hydrogens is 302 g/mol. The predicted molar refractivity (Wildman–Crippen MR) is 92.2 cm³/mol. The van der Waals surface area contributed by atoms with Gasteiger partial charge in [-0.3, -0.25) is 4.79 Å². The number of carboxylic acid groups (broad SMARTS) is 1. The smallest absolute Gasteiger partial charge is 0.303 e. The lowest BCUT2D eigenvalue weighted by Gasteiger charge is -2.09. The number of rotatable bonds is 5. The van der Waals surface area contributed by atoms with Crippen LogP contribution in [0, 0.1) is 6.92 Å². The first kappa shape index (κ1) is 15.9. The monoisotopic (exact) mass is 321 g/mol. The number of hydrogen-bond donors (Lipinski definition) is 1. The highest BCUT2D eigenvalue weighted by Crippen LogP contribution is 2.23. The number of carboxylic acids is 1. The van der Waals surface area contributed by atoms with Gasteiger partial charge in [0.15, 0.2) is 5.82 Å². The van der Waals surface area contributed by atoms with E-state index in [1.54, 1.807) is 11.0 Å². The van der Waals surface area contributed by atoms with Crippen LogP contribution in [-0.2, 0) is 4.79 Å². The molecule has 5 nitrogen and oxygen atoms in total. The normalized spacial score (nSPS) is 12.1. The number of hydrogen-bond acceptors (Lipinski definition) is 3. The molecular formula is C19H19N3O2. The summed E-state index contributed by atoms with van der Waals surface area (Å²) in [6, 6.07) is 15.8. The Bertz CT molecular complexity index is 836. The minimum Gasteiger partial charge on any atom is -0.481 e. The molecule has 1 atom stereocenters. The summed E-state index contributed by atoms with van der Waals surface area (Å²) in [7, 11) is 0. The lowest BCUT2D eigenvalue weighted by molar-refractivity contribution is -0.137. The predicted octanol–water partition coefficient (Wildman–Crippen LogP) is 3.82. The molecule has 1 unspecified atom stereocenters. The fourth-order valence-electron chi connectivity index (χ4n) is 2.56. The van der Waals surface area contributed by atoms with E-state index in [1.807, 2.05) is 62.4 Å². The maximum atomic E-state index is 10.8. The van der Waals surface area contributed by atoms with E-state index in [-0.39, 0.29) is 12.3 Å². The first-order valence-electron chi connectivity index (χ1n) is 7.84. The summed E-state index contributed by atoms with van der Waals surface area (Å²) >= 11 is 0. The van der Waals surface area contributed by atoms with Crippen molar-refractivity contribution in [3.8, 4) is 17.1 Å². The van der Waals surface area contributed by atoms with Crippen molar-refractivity contribution >= 4 is 5.97 Å². The molecule has 0 saturated carbocycles. The van der Waals surface area contributed by atoms with E-state index in [1.165, 1.54) is 5.56 Å². The molecule has 24 heavy (non-hydrogen) atoms. The molecule has 0 bridgehead atoms. The molecule has 3 rings (SSSR count). The summed E-state index contributed by atoms with van der Waals surface area (Å²) < 4.78 is 1.75. The van der Waals surface area contributed by atoms with Gasteiger partial charge in [0.05, 0.1) is 12.1 Å². The average Bonchev–Trinajstić information content (AvgIpc) is 3.05. The highest BCUT2D eigenvalue weighted by molar-refractivity contribution is 5.68. The maximum Gasteiger partial charge on any atom is 0.303 e. The molecule has 5 heteroatoms. The molecule has 0 aliphatic rings. The molecule has 0 spiro atoms. The summed E-state index contributed by atoms with van der Waals surface area (Å²) in [5, 5.41) is 13.4. The Hall–Kier alpha value is -2.95. The zero-order valence-electron chi connectivity index (χ0n) is 13.7. The average molecular weight is 321 g/mol. The van der Waals surface area contributed by atoms with Gasteiger partial charge in [-0.15, -0.1) is 5.10 Å². The molecule has 0 radical (unpaired) electrons. The van der Waals surface area contributed by atoms with Gasteiger partial charge in [-0.05, 0) is 30.5 Å². The number of nitrogens with zero attached hydrogens (tertiary/aromatic N) is 3. The van der Waals surface area contributed by atoms with Crippen molar-refractivity contribution in [2.24, 2.45) is 0 Å². The minimum absolute atomic E-state index is 0.0189. The molecule has 1 heterocycles. The van der Waals surface area contributed by atoms with Crippen LogP contribution in [0.5, 0.6) is 0 Å². The van der Waals surface area contributed by atoms with Gasteiger partial charge in [0, 0.05) is 5.56 Å². The molecule has 0 aliphatic heterocycles. The third kappa shape index (κ3) is 3.51. The van der Waals surface area contributed by atoms with Gasteiger partial charge in [0.25, 0.3) is 0 Å². The molecule has 3 aromatic rings. The number of aryl methyl sites for hydroxylation is 1. The number of aromatic nitrogens is 3. The molecule has 0 saturated heterocycles. The third-order valence-corrected chi connectivity index (χ3v) is 4.01. The lowest BCUT2D eigenvalue weighted by Crippen LogP contribution is -2.02. The minimum atomic E-state index is -0.787. The van der Waals surface area contributed by atoms with Gasteiger partial charge in [0.2, 0.25) is 0 Å². The zero-order chi connectivity index (χ0) is 17.1. The Morgan fingerprint density at radius 3 is 2.42 bits per heavy atom. The molecule has 0 fully saturated rings. The van der Waals surface area contributed by atoms with Gasteiger partial charge >= 0.3 is 5.97 Å². The van der Waals surface area contributed by atoms with E-state index in [9.17, 15) is 4.79 Å². The fraction of sp³-hybridized carbons (Fsp3) is 0.211. The summed E-state index contributed by atoms with van der Waals surface area (Å²) in [6.07, 6.45) is 1.82. The SMILES string of the molecule is Cc1ccc(-n2cnc(-c3ccc(C(C)CC(=O)O)cc3)n2)cc1. The molecule has 1 aromatic heterocycles. The van der Waals surface area contributed by atoms with Crippen molar-refractivity contribution in [3.05, 3.63) is 66.0 Å².